The monoisotopic (exact) mass is 377 g/mol. The molecule has 1 N–H and O–H groups in total. The molecule has 0 radical (unpaired) electrons. The Balaban J connectivity index is 2.00. The van der Waals surface area contributed by atoms with Crippen LogP contribution in [-0.4, -0.2) is 37.6 Å². The Morgan fingerprint density at radius 3 is 2.54 bits per heavy atom. The summed E-state index contributed by atoms with van der Waals surface area (Å²) < 4.78 is 10.8. The molecule has 0 aliphatic rings. The number of carbonyl (C=O) groups excluding carboxylic acids is 3. The number of ether oxygens (including phenoxy) is 2. The van der Waals surface area contributed by atoms with Gasteiger partial charge in [-0.25, -0.2) is 9.59 Å². The number of hydrogen-bond acceptors (Lipinski definition) is 6. The van der Waals surface area contributed by atoms with Crippen molar-refractivity contribution in [1.82, 2.24) is 5.32 Å². The third kappa shape index (κ3) is 4.40. The smallest absolute Gasteiger partial charge is 0.349 e. The van der Waals surface area contributed by atoms with Gasteiger partial charge in [0.15, 0.2) is 6.61 Å². The standard InChI is InChI=1S/C19H23NO5S/c1-5-11(2)16(18(22)24-4)20-15(21)10-25-19(23)17-12(3)13-8-6-7-9-14(13)26-17/h6-9,11,16H,5,10H2,1-4H3,(H,20,21). The molecule has 1 amide bonds. The van der Waals surface area contributed by atoms with E-state index in [0.29, 0.717) is 11.3 Å². The highest BCUT2D eigenvalue weighted by atomic mass is 32.1. The molecule has 0 aliphatic carbocycles. The number of nitrogens with one attached hydrogen (secondary N) is 1. The zero-order chi connectivity index (χ0) is 19.3. The van der Waals surface area contributed by atoms with Crippen LogP contribution >= 0.6 is 11.3 Å². The Morgan fingerprint density at radius 2 is 1.92 bits per heavy atom. The number of esters is 2. The van der Waals surface area contributed by atoms with Gasteiger partial charge in [-0.15, -0.1) is 11.3 Å². The lowest BCUT2D eigenvalue weighted by Gasteiger charge is -2.21. The van der Waals surface area contributed by atoms with E-state index in [9.17, 15) is 14.4 Å². The maximum atomic E-state index is 12.3. The quantitative estimate of drug-likeness (QED) is 0.750. The topological polar surface area (TPSA) is 81.7 Å². The number of thiophene rings is 1. The molecule has 2 atom stereocenters. The third-order valence-electron chi connectivity index (χ3n) is 4.35. The summed E-state index contributed by atoms with van der Waals surface area (Å²) in [5.41, 5.74) is 0.836. The van der Waals surface area contributed by atoms with Gasteiger partial charge in [0.05, 0.1) is 7.11 Å². The number of rotatable bonds is 7. The maximum Gasteiger partial charge on any atom is 0.349 e. The summed E-state index contributed by atoms with van der Waals surface area (Å²) in [5.74, 6) is -1.68. The summed E-state index contributed by atoms with van der Waals surface area (Å²) in [6.45, 7) is 5.16. The average molecular weight is 377 g/mol. The number of benzene rings is 1. The summed E-state index contributed by atoms with van der Waals surface area (Å²) in [6, 6.07) is 6.93. The van der Waals surface area contributed by atoms with E-state index in [1.54, 1.807) is 0 Å². The highest BCUT2D eigenvalue weighted by Gasteiger charge is 2.27. The average Bonchev–Trinajstić information content (AvgIpc) is 3.00. The molecule has 0 spiro atoms. The van der Waals surface area contributed by atoms with Crippen LogP contribution in [0.15, 0.2) is 24.3 Å². The van der Waals surface area contributed by atoms with Crippen molar-refractivity contribution in [2.24, 2.45) is 5.92 Å². The lowest BCUT2D eigenvalue weighted by atomic mass is 9.99. The van der Waals surface area contributed by atoms with E-state index in [0.717, 1.165) is 15.6 Å². The molecule has 6 nitrogen and oxygen atoms in total. The minimum atomic E-state index is -0.762. The van der Waals surface area contributed by atoms with Crippen molar-refractivity contribution in [2.45, 2.75) is 33.2 Å². The molecule has 140 valence electrons. The Bertz CT molecular complexity index is 813. The van der Waals surface area contributed by atoms with Crippen molar-refractivity contribution in [2.75, 3.05) is 13.7 Å². The van der Waals surface area contributed by atoms with E-state index >= 15 is 0 Å². The number of aryl methyl sites for hydroxylation is 1. The Morgan fingerprint density at radius 1 is 1.23 bits per heavy atom. The zero-order valence-corrected chi connectivity index (χ0v) is 16.1. The number of fused-ring (bicyclic) bond motifs is 1. The highest BCUT2D eigenvalue weighted by Crippen LogP contribution is 2.30. The van der Waals surface area contributed by atoms with Gasteiger partial charge in [0.1, 0.15) is 10.9 Å². The van der Waals surface area contributed by atoms with Crippen LogP contribution in [0.1, 0.15) is 35.5 Å². The van der Waals surface area contributed by atoms with Gasteiger partial charge < -0.3 is 14.8 Å². The number of methoxy groups -OCH3 is 1. The van der Waals surface area contributed by atoms with E-state index < -0.39 is 30.5 Å². The largest absolute Gasteiger partial charge is 0.467 e. The van der Waals surface area contributed by atoms with E-state index in [-0.39, 0.29) is 5.92 Å². The van der Waals surface area contributed by atoms with Crippen molar-refractivity contribution < 1.29 is 23.9 Å². The molecule has 0 fully saturated rings. The SMILES string of the molecule is CCC(C)C(NC(=O)COC(=O)c1sc2ccccc2c1C)C(=O)OC. The van der Waals surface area contributed by atoms with Crippen LogP contribution in [0, 0.1) is 12.8 Å². The minimum absolute atomic E-state index is 0.0908. The number of amides is 1. The molecule has 7 heteroatoms. The molecule has 0 aliphatic heterocycles. The van der Waals surface area contributed by atoms with Crippen LogP contribution in [0.4, 0.5) is 0 Å². The van der Waals surface area contributed by atoms with Gasteiger partial charge in [0.2, 0.25) is 0 Å². The Labute approximate surface area is 156 Å². The first-order valence-corrected chi connectivity index (χ1v) is 9.23. The second-order valence-corrected chi connectivity index (χ2v) is 7.13. The fourth-order valence-corrected chi connectivity index (χ4v) is 3.68. The van der Waals surface area contributed by atoms with Gasteiger partial charge in [0, 0.05) is 4.70 Å². The van der Waals surface area contributed by atoms with Crippen LogP contribution < -0.4 is 5.32 Å². The molecule has 1 aromatic carbocycles. The van der Waals surface area contributed by atoms with Crippen LogP contribution in [-0.2, 0) is 19.1 Å². The van der Waals surface area contributed by atoms with Crippen molar-refractivity contribution in [3.8, 4) is 0 Å². The van der Waals surface area contributed by atoms with Gasteiger partial charge in [0.25, 0.3) is 5.91 Å². The zero-order valence-electron chi connectivity index (χ0n) is 15.3. The summed E-state index contributed by atoms with van der Waals surface area (Å²) in [4.78, 5) is 36.7. The second kappa shape index (κ2) is 8.80. The van der Waals surface area contributed by atoms with Crippen molar-refractivity contribution in [3.63, 3.8) is 0 Å². The predicted octanol–water partition coefficient (Wildman–Crippen LogP) is 3.07. The van der Waals surface area contributed by atoms with Crippen LogP contribution in [0.2, 0.25) is 0 Å². The molecule has 2 aromatic rings. The van der Waals surface area contributed by atoms with E-state index in [4.69, 9.17) is 9.47 Å². The maximum absolute atomic E-state index is 12.3. The number of hydrogen-bond donors (Lipinski definition) is 1. The van der Waals surface area contributed by atoms with Gasteiger partial charge in [-0.05, 0) is 29.9 Å². The van der Waals surface area contributed by atoms with Gasteiger partial charge >= 0.3 is 11.9 Å². The lowest BCUT2D eigenvalue weighted by Crippen LogP contribution is -2.47. The lowest BCUT2D eigenvalue weighted by molar-refractivity contribution is -0.147. The van der Waals surface area contributed by atoms with E-state index in [1.807, 2.05) is 45.0 Å². The fourth-order valence-electron chi connectivity index (χ4n) is 2.58. The molecular weight excluding hydrogens is 354 g/mol. The molecule has 1 aromatic heterocycles. The highest BCUT2D eigenvalue weighted by molar-refractivity contribution is 7.21. The first-order valence-electron chi connectivity index (χ1n) is 8.41. The molecule has 2 rings (SSSR count). The first-order chi connectivity index (χ1) is 12.4. The van der Waals surface area contributed by atoms with Crippen molar-refractivity contribution in [3.05, 3.63) is 34.7 Å². The van der Waals surface area contributed by atoms with Gasteiger partial charge in [-0.3, -0.25) is 4.79 Å². The van der Waals surface area contributed by atoms with Crippen LogP contribution in [0.5, 0.6) is 0 Å². The minimum Gasteiger partial charge on any atom is -0.467 e. The van der Waals surface area contributed by atoms with Crippen molar-refractivity contribution in [1.29, 1.82) is 0 Å². The third-order valence-corrected chi connectivity index (χ3v) is 5.60. The molecule has 26 heavy (non-hydrogen) atoms. The normalized spacial score (nSPS) is 13.1. The van der Waals surface area contributed by atoms with Crippen LogP contribution in [0.25, 0.3) is 10.1 Å². The first kappa shape index (κ1) is 19.9. The molecule has 1 heterocycles. The Hall–Kier alpha value is -2.41. The molecule has 0 bridgehead atoms. The van der Waals surface area contributed by atoms with E-state index in [2.05, 4.69) is 5.32 Å². The van der Waals surface area contributed by atoms with Gasteiger partial charge in [-0.2, -0.15) is 0 Å². The predicted molar refractivity (Wildman–Crippen MR) is 100 cm³/mol. The van der Waals surface area contributed by atoms with E-state index in [1.165, 1.54) is 18.4 Å². The molecule has 0 saturated carbocycles. The molecule has 2 unspecified atom stereocenters. The summed E-state index contributed by atoms with van der Waals surface area (Å²) in [6.07, 6.45) is 0.695. The summed E-state index contributed by atoms with van der Waals surface area (Å²) >= 11 is 1.33. The van der Waals surface area contributed by atoms with Crippen molar-refractivity contribution >= 4 is 39.3 Å². The molecule has 0 saturated heterocycles. The fraction of sp³-hybridized carbons (Fsp3) is 0.421. The van der Waals surface area contributed by atoms with Crippen LogP contribution in [0.3, 0.4) is 0 Å². The Kier molecular flexibility index (Phi) is 6.74. The summed E-state index contributed by atoms with van der Waals surface area (Å²) in [5, 5.41) is 3.58. The number of carbonyl (C=O) groups is 3. The summed E-state index contributed by atoms with van der Waals surface area (Å²) in [7, 11) is 1.27. The second-order valence-electron chi connectivity index (χ2n) is 6.08. The van der Waals surface area contributed by atoms with Gasteiger partial charge in [-0.1, -0.05) is 38.5 Å². The molecular formula is C19H23NO5S.